The number of nitrogens with one attached hydrogen (secondary N) is 3. The molecule has 4 atom stereocenters. The van der Waals surface area contributed by atoms with Crippen molar-refractivity contribution in [3.63, 3.8) is 0 Å². The highest BCUT2D eigenvalue weighted by Crippen LogP contribution is 2.04. The average molecular weight is 533 g/mol. The van der Waals surface area contributed by atoms with Gasteiger partial charge in [-0.3, -0.25) is 33.8 Å². The van der Waals surface area contributed by atoms with Gasteiger partial charge in [-0.2, -0.15) is 0 Å². The lowest BCUT2D eigenvalue weighted by molar-refractivity contribution is -0.145. The van der Waals surface area contributed by atoms with Gasteiger partial charge in [0.25, 0.3) is 0 Å². The lowest BCUT2D eigenvalue weighted by Gasteiger charge is -2.24. The van der Waals surface area contributed by atoms with E-state index < -0.39 is 91.4 Å². The normalized spacial score (nSPS) is 13.6. The standard InChI is InChI=1S/C19H32N8O10/c20-8(2-1-5-24-19(22)23)15(33)26-10(6-13(29)30)17(35)27-11(7-14(31)32)16(34)25-9(18(36)37)3-4-12(21)28/h8-11H,1-7,20H2,(H2,21,28)(H,25,34)(H,26,33)(H,27,35)(H,29,30)(H,31,32)(H,36,37)(H4,22,23,24). The predicted octanol–water partition coefficient (Wildman–Crippen LogP) is -4.88. The monoisotopic (exact) mass is 532 g/mol. The Hall–Kier alpha value is -4.48. The van der Waals surface area contributed by atoms with Crippen molar-refractivity contribution in [2.24, 2.45) is 27.9 Å². The number of amides is 4. The maximum absolute atomic E-state index is 12.7. The first-order valence-corrected chi connectivity index (χ1v) is 10.8. The Morgan fingerprint density at radius 1 is 0.703 bits per heavy atom. The van der Waals surface area contributed by atoms with E-state index in [9.17, 15) is 38.7 Å². The van der Waals surface area contributed by atoms with Crippen molar-refractivity contribution in [3.05, 3.63) is 0 Å². The molecule has 18 nitrogen and oxygen atoms in total. The summed E-state index contributed by atoms with van der Waals surface area (Å²) in [5, 5.41) is 33.5. The van der Waals surface area contributed by atoms with Gasteiger partial charge in [-0.1, -0.05) is 0 Å². The van der Waals surface area contributed by atoms with E-state index in [1.54, 1.807) is 0 Å². The van der Waals surface area contributed by atoms with Crippen LogP contribution in [0.5, 0.6) is 0 Å². The van der Waals surface area contributed by atoms with E-state index in [0.29, 0.717) is 0 Å². The number of aliphatic imine (C=N–C) groups is 1. The zero-order valence-electron chi connectivity index (χ0n) is 19.7. The predicted molar refractivity (Wildman–Crippen MR) is 124 cm³/mol. The number of carboxylic acid groups (broad SMARTS) is 3. The van der Waals surface area contributed by atoms with Gasteiger partial charge in [0.1, 0.15) is 18.1 Å². The van der Waals surface area contributed by atoms with Crippen LogP contribution in [0.2, 0.25) is 0 Å². The molecule has 0 radical (unpaired) electrons. The molecule has 0 aromatic heterocycles. The Balaban J connectivity index is 5.46. The first kappa shape index (κ1) is 32.5. The molecule has 0 saturated carbocycles. The second-order valence-electron chi connectivity index (χ2n) is 7.78. The molecule has 0 aliphatic heterocycles. The van der Waals surface area contributed by atoms with Crippen molar-refractivity contribution in [2.45, 2.75) is 62.7 Å². The molecule has 4 unspecified atom stereocenters. The van der Waals surface area contributed by atoms with Crippen molar-refractivity contribution in [3.8, 4) is 0 Å². The Kier molecular flexibility index (Phi) is 14.3. The van der Waals surface area contributed by atoms with Crippen molar-refractivity contribution in [1.29, 1.82) is 0 Å². The van der Waals surface area contributed by atoms with E-state index in [0.717, 1.165) is 0 Å². The van der Waals surface area contributed by atoms with Gasteiger partial charge >= 0.3 is 17.9 Å². The van der Waals surface area contributed by atoms with Crippen LogP contribution in [0.4, 0.5) is 0 Å². The molecule has 0 fully saturated rings. The van der Waals surface area contributed by atoms with E-state index in [2.05, 4.69) is 10.3 Å². The summed E-state index contributed by atoms with van der Waals surface area (Å²) in [6.07, 6.45) is -2.44. The van der Waals surface area contributed by atoms with Gasteiger partial charge in [-0.15, -0.1) is 0 Å². The summed E-state index contributed by atoms with van der Waals surface area (Å²) in [5.74, 6) is -9.05. The summed E-state index contributed by atoms with van der Waals surface area (Å²) in [7, 11) is 0. The highest BCUT2D eigenvalue weighted by molar-refractivity contribution is 5.96. The van der Waals surface area contributed by atoms with Crippen LogP contribution in [-0.2, 0) is 33.6 Å². The van der Waals surface area contributed by atoms with Crippen molar-refractivity contribution in [2.75, 3.05) is 6.54 Å². The van der Waals surface area contributed by atoms with Gasteiger partial charge in [0.05, 0.1) is 18.9 Å². The molecule has 0 aliphatic carbocycles. The van der Waals surface area contributed by atoms with Crippen LogP contribution in [0.1, 0.15) is 38.5 Å². The number of carboxylic acids is 3. The number of hydrogen-bond acceptors (Lipinski definition) is 9. The summed E-state index contributed by atoms with van der Waals surface area (Å²) in [6, 6.07) is -6.44. The topological polar surface area (TPSA) is 333 Å². The molecule has 14 N–H and O–H groups in total. The summed E-state index contributed by atoms with van der Waals surface area (Å²) in [4.78, 5) is 85.9. The maximum Gasteiger partial charge on any atom is 0.326 e. The van der Waals surface area contributed by atoms with E-state index in [-0.39, 0.29) is 25.3 Å². The molecular formula is C19H32N8O10. The van der Waals surface area contributed by atoms with Gasteiger partial charge in [0.15, 0.2) is 5.96 Å². The molecule has 0 spiro atoms. The third-order valence-electron chi connectivity index (χ3n) is 4.62. The number of nitrogens with two attached hydrogens (primary N) is 4. The van der Waals surface area contributed by atoms with Crippen LogP contribution in [0.15, 0.2) is 4.99 Å². The van der Waals surface area contributed by atoms with Crippen molar-refractivity contribution >= 4 is 47.5 Å². The van der Waals surface area contributed by atoms with E-state index in [1.165, 1.54) is 0 Å². The Labute approximate surface area is 210 Å². The first-order chi connectivity index (χ1) is 17.1. The van der Waals surface area contributed by atoms with Crippen LogP contribution >= 0.6 is 0 Å². The largest absolute Gasteiger partial charge is 0.481 e. The van der Waals surface area contributed by atoms with Crippen LogP contribution in [0, 0.1) is 0 Å². The lowest BCUT2D eigenvalue weighted by atomic mass is 10.1. The fraction of sp³-hybridized carbons (Fsp3) is 0.579. The fourth-order valence-corrected chi connectivity index (χ4v) is 2.79. The molecule has 0 aromatic carbocycles. The summed E-state index contributed by atoms with van der Waals surface area (Å²) < 4.78 is 0. The number of carbonyl (C=O) groups is 7. The quantitative estimate of drug-likeness (QED) is 0.0450. The van der Waals surface area contributed by atoms with E-state index in [1.807, 2.05) is 10.6 Å². The van der Waals surface area contributed by atoms with Gasteiger partial charge in [0.2, 0.25) is 23.6 Å². The number of nitrogens with zero attached hydrogens (tertiary/aromatic N) is 1. The second kappa shape index (κ2) is 16.2. The van der Waals surface area contributed by atoms with E-state index >= 15 is 0 Å². The summed E-state index contributed by atoms with van der Waals surface area (Å²) in [5.41, 5.74) is 21.0. The Bertz CT molecular complexity index is 905. The number of primary amides is 1. The van der Waals surface area contributed by atoms with Gasteiger partial charge in [-0.25, -0.2) is 4.79 Å². The SMILES string of the molecule is NC(=O)CCC(NC(=O)C(CC(=O)O)NC(=O)C(CC(=O)O)NC(=O)C(N)CCCN=C(N)N)C(=O)O. The molecular weight excluding hydrogens is 500 g/mol. The third kappa shape index (κ3) is 14.5. The smallest absolute Gasteiger partial charge is 0.326 e. The molecule has 208 valence electrons. The molecule has 0 rings (SSSR count). The van der Waals surface area contributed by atoms with E-state index in [4.69, 9.17) is 33.1 Å². The number of carbonyl (C=O) groups excluding carboxylic acids is 4. The molecule has 0 saturated heterocycles. The molecule has 4 amide bonds. The molecule has 0 bridgehead atoms. The highest BCUT2D eigenvalue weighted by atomic mass is 16.4. The number of rotatable bonds is 18. The number of hydrogen-bond donors (Lipinski definition) is 10. The molecule has 18 heteroatoms. The summed E-state index contributed by atoms with van der Waals surface area (Å²) >= 11 is 0. The van der Waals surface area contributed by atoms with Crippen molar-refractivity contribution in [1.82, 2.24) is 16.0 Å². The van der Waals surface area contributed by atoms with Gasteiger partial charge < -0.3 is 54.2 Å². The van der Waals surface area contributed by atoms with Crippen molar-refractivity contribution < 1.29 is 48.9 Å². The first-order valence-electron chi connectivity index (χ1n) is 10.8. The minimum absolute atomic E-state index is 0.0654. The molecule has 0 aromatic rings. The van der Waals surface area contributed by atoms with Crippen LogP contribution in [0.3, 0.4) is 0 Å². The van der Waals surface area contributed by atoms with Crippen LogP contribution < -0.4 is 38.9 Å². The number of aliphatic carboxylic acids is 3. The maximum atomic E-state index is 12.7. The lowest BCUT2D eigenvalue weighted by Crippen LogP contribution is -2.57. The molecule has 0 heterocycles. The zero-order chi connectivity index (χ0) is 28.7. The minimum Gasteiger partial charge on any atom is -0.481 e. The van der Waals surface area contributed by atoms with Gasteiger partial charge in [-0.05, 0) is 19.3 Å². The molecule has 0 aliphatic rings. The summed E-state index contributed by atoms with van der Waals surface area (Å²) in [6.45, 7) is 0.158. The molecule has 37 heavy (non-hydrogen) atoms. The number of guanidine groups is 1. The third-order valence-corrected chi connectivity index (χ3v) is 4.62. The average Bonchev–Trinajstić information content (AvgIpc) is 2.76. The zero-order valence-corrected chi connectivity index (χ0v) is 19.7. The minimum atomic E-state index is -1.86. The van der Waals surface area contributed by atoms with Crippen LogP contribution in [-0.4, -0.2) is 93.5 Å². The second-order valence-corrected chi connectivity index (χ2v) is 7.78. The van der Waals surface area contributed by atoms with Crippen LogP contribution in [0.25, 0.3) is 0 Å². The highest BCUT2D eigenvalue weighted by Gasteiger charge is 2.32. The van der Waals surface area contributed by atoms with Gasteiger partial charge in [0, 0.05) is 13.0 Å². The fourth-order valence-electron chi connectivity index (χ4n) is 2.79. The Morgan fingerprint density at radius 2 is 1.16 bits per heavy atom. The Morgan fingerprint density at radius 3 is 1.57 bits per heavy atom.